The molecule has 1 N–H and O–H groups in total. The number of hydrogen-bond donors (Lipinski definition) is 1. The second-order valence-corrected chi connectivity index (χ2v) is 4.97. The monoisotopic (exact) mass is 265 g/mol. The smallest absolute Gasteiger partial charge is 0.183 e. The van der Waals surface area contributed by atoms with Crippen molar-refractivity contribution >= 4 is 27.2 Å². The summed E-state index contributed by atoms with van der Waals surface area (Å²) >= 11 is 1.54. The van der Waals surface area contributed by atoms with Gasteiger partial charge in [-0.3, -0.25) is 4.98 Å². The number of aromatic nitrogens is 2. The summed E-state index contributed by atoms with van der Waals surface area (Å²) in [6, 6.07) is 8.12. The molecule has 0 aliphatic carbocycles. The maximum atomic E-state index is 4.22. The van der Waals surface area contributed by atoms with Gasteiger partial charge in [-0.2, -0.15) is 0 Å². The molecule has 19 heavy (non-hydrogen) atoms. The number of nitrogens with zero attached hydrogens (tertiary/aromatic N) is 2. The van der Waals surface area contributed by atoms with E-state index in [-0.39, 0.29) is 0 Å². The second kappa shape index (κ2) is 5.09. The molecule has 0 aliphatic rings. The fourth-order valence-electron chi connectivity index (χ4n) is 1.79. The summed E-state index contributed by atoms with van der Waals surface area (Å²) in [7, 11) is 1.85. The third-order valence-electron chi connectivity index (χ3n) is 2.71. The molecule has 0 saturated carbocycles. The number of anilines is 1. The zero-order chi connectivity index (χ0) is 13.1. The van der Waals surface area contributed by atoms with Crippen molar-refractivity contribution in [2.45, 2.75) is 0 Å². The molecule has 0 aliphatic heterocycles. The Labute approximate surface area is 115 Å². The molecular formula is C15H11N3S. The van der Waals surface area contributed by atoms with Crippen LogP contribution in [0.5, 0.6) is 0 Å². The van der Waals surface area contributed by atoms with E-state index in [1.165, 1.54) is 0 Å². The molecule has 3 nitrogen and oxygen atoms in total. The molecule has 0 saturated heterocycles. The molecule has 92 valence electrons. The van der Waals surface area contributed by atoms with Gasteiger partial charge in [0.15, 0.2) is 5.13 Å². The van der Waals surface area contributed by atoms with Crippen LogP contribution in [0.4, 0.5) is 5.13 Å². The van der Waals surface area contributed by atoms with Crippen LogP contribution < -0.4 is 5.32 Å². The van der Waals surface area contributed by atoms with E-state index in [0.29, 0.717) is 0 Å². The summed E-state index contributed by atoms with van der Waals surface area (Å²) in [5, 5.41) is 6.11. The first-order valence-corrected chi connectivity index (χ1v) is 6.67. The van der Waals surface area contributed by atoms with E-state index in [0.717, 1.165) is 26.3 Å². The minimum Gasteiger partial charge on any atom is -0.365 e. The summed E-state index contributed by atoms with van der Waals surface area (Å²) in [5.41, 5.74) is 0.942. The van der Waals surface area contributed by atoms with Crippen LogP contribution in [0, 0.1) is 11.8 Å². The van der Waals surface area contributed by atoms with Gasteiger partial charge in [-0.1, -0.05) is 41.5 Å². The molecule has 0 bridgehead atoms. The molecule has 2 heterocycles. The number of rotatable bonds is 1. The van der Waals surface area contributed by atoms with Crippen molar-refractivity contribution in [3.05, 3.63) is 53.3 Å². The molecule has 0 atom stereocenters. The Morgan fingerprint density at radius 2 is 2.00 bits per heavy atom. The van der Waals surface area contributed by atoms with Crippen LogP contribution in [-0.2, 0) is 0 Å². The molecule has 0 fully saturated rings. The van der Waals surface area contributed by atoms with E-state index < -0.39 is 0 Å². The van der Waals surface area contributed by atoms with Crippen molar-refractivity contribution in [2.75, 3.05) is 12.4 Å². The molecule has 0 unspecified atom stereocenters. The van der Waals surface area contributed by atoms with E-state index in [4.69, 9.17) is 0 Å². The van der Waals surface area contributed by atoms with Gasteiger partial charge in [-0.15, -0.1) is 0 Å². The molecule has 4 heteroatoms. The summed E-state index contributed by atoms with van der Waals surface area (Å²) < 4.78 is 0. The van der Waals surface area contributed by atoms with E-state index in [2.05, 4.69) is 33.2 Å². The van der Waals surface area contributed by atoms with Gasteiger partial charge in [-0.25, -0.2) is 4.98 Å². The predicted octanol–water partition coefficient (Wildman–Crippen LogP) is 3.13. The number of benzene rings is 1. The Bertz CT molecular complexity index is 775. The molecular weight excluding hydrogens is 254 g/mol. The van der Waals surface area contributed by atoms with Gasteiger partial charge in [0.25, 0.3) is 0 Å². The van der Waals surface area contributed by atoms with Crippen LogP contribution in [0.1, 0.15) is 10.4 Å². The topological polar surface area (TPSA) is 37.8 Å². The lowest BCUT2D eigenvalue weighted by Crippen LogP contribution is -1.83. The van der Waals surface area contributed by atoms with Crippen molar-refractivity contribution in [3.8, 4) is 11.8 Å². The predicted molar refractivity (Wildman–Crippen MR) is 79.4 cm³/mol. The Kier molecular flexibility index (Phi) is 3.13. The number of hydrogen-bond acceptors (Lipinski definition) is 4. The average Bonchev–Trinajstić information content (AvgIpc) is 2.93. The highest BCUT2D eigenvalue weighted by atomic mass is 32.1. The van der Waals surface area contributed by atoms with Crippen LogP contribution >= 0.6 is 11.3 Å². The van der Waals surface area contributed by atoms with E-state index >= 15 is 0 Å². The zero-order valence-electron chi connectivity index (χ0n) is 10.3. The molecule has 0 spiro atoms. The minimum atomic E-state index is 0.875. The van der Waals surface area contributed by atoms with Crippen LogP contribution in [0.15, 0.2) is 42.9 Å². The van der Waals surface area contributed by atoms with Crippen molar-refractivity contribution in [3.63, 3.8) is 0 Å². The summed E-state index contributed by atoms with van der Waals surface area (Å²) in [5.74, 6) is 6.31. The van der Waals surface area contributed by atoms with Gasteiger partial charge in [0.2, 0.25) is 0 Å². The molecule has 0 amide bonds. The largest absolute Gasteiger partial charge is 0.365 e. The van der Waals surface area contributed by atoms with Crippen LogP contribution in [0.25, 0.3) is 10.8 Å². The quantitative estimate of drug-likeness (QED) is 0.687. The standard InChI is InChI=1S/C15H11N3S/c1-16-15-18-10-13(19-15)7-6-12-9-17-8-11-4-2-3-5-14(11)12/h2-5,8-10H,1H3,(H,16,18). The fraction of sp³-hybridized carbons (Fsp3) is 0.0667. The summed E-state index contributed by atoms with van der Waals surface area (Å²) in [4.78, 5) is 9.36. The van der Waals surface area contributed by atoms with Gasteiger partial charge < -0.3 is 5.32 Å². The zero-order valence-corrected chi connectivity index (χ0v) is 11.2. The van der Waals surface area contributed by atoms with Crippen molar-refractivity contribution in [2.24, 2.45) is 0 Å². The Morgan fingerprint density at radius 1 is 1.11 bits per heavy atom. The second-order valence-electron chi connectivity index (χ2n) is 3.94. The van der Waals surface area contributed by atoms with Crippen LogP contribution in [0.2, 0.25) is 0 Å². The average molecular weight is 265 g/mol. The Hall–Kier alpha value is -2.38. The first-order valence-electron chi connectivity index (χ1n) is 5.85. The number of nitrogens with one attached hydrogen (secondary N) is 1. The lowest BCUT2D eigenvalue weighted by atomic mass is 10.1. The first kappa shape index (κ1) is 11.7. The first-order chi connectivity index (χ1) is 9.36. The highest BCUT2D eigenvalue weighted by Gasteiger charge is 1.99. The third kappa shape index (κ3) is 2.42. The molecule has 3 aromatic rings. The van der Waals surface area contributed by atoms with E-state index in [1.807, 2.05) is 31.4 Å². The number of fused-ring (bicyclic) bond motifs is 1. The lowest BCUT2D eigenvalue weighted by molar-refractivity contribution is 1.35. The van der Waals surface area contributed by atoms with Crippen molar-refractivity contribution < 1.29 is 0 Å². The van der Waals surface area contributed by atoms with Gasteiger partial charge in [0.1, 0.15) is 0 Å². The molecule has 3 rings (SSSR count). The highest BCUT2D eigenvalue weighted by Crippen LogP contribution is 2.18. The summed E-state index contributed by atoms with van der Waals surface area (Å²) in [6.45, 7) is 0. The fourth-order valence-corrected chi connectivity index (χ4v) is 2.42. The highest BCUT2D eigenvalue weighted by molar-refractivity contribution is 7.16. The molecule has 2 aromatic heterocycles. The number of thiazole rings is 1. The van der Waals surface area contributed by atoms with Crippen molar-refractivity contribution in [1.82, 2.24) is 9.97 Å². The van der Waals surface area contributed by atoms with Gasteiger partial charge in [0, 0.05) is 30.2 Å². The molecule has 0 radical (unpaired) electrons. The minimum absolute atomic E-state index is 0.875. The van der Waals surface area contributed by atoms with Gasteiger partial charge >= 0.3 is 0 Å². The number of pyridine rings is 1. The third-order valence-corrected chi connectivity index (χ3v) is 3.64. The summed E-state index contributed by atoms with van der Waals surface area (Å²) in [6.07, 6.45) is 5.43. The van der Waals surface area contributed by atoms with Gasteiger partial charge in [0.05, 0.1) is 16.6 Å². The Balaban J connectivity index is 2.02. The normalized spacial score (nSPS) is 9.95. The van der Waals surface area contributed by atoms with Gasteiger partial charge in [-0.05, 0) is 5.92 Å². The maximum Gasteiger partial charge on any atom is 0.183 e. The van der Waals surface area contributed by atoms with Crippen LogP contribution in [-0.4, -0.2) is 17.0 Å². The Morgan fingerprint density at radius 3 is 2.84 bits per heavy atom. The molecule has 1 aromatic carbocycles. The van der Waals surface area contributed by atoms with E-state index in [9.17, 15) is 0 Å². The lowest BCUT2D eigenvalue weighted by Gasteiger charge is -1.98. The van der Waals surface area contributed by atoms with E-state index in [1.54, 1.807) is 23.7 Å². The van der Waals surface area contributed by atoms with Crippen LogP contribution in [0.3, 0.4) is 0 Å². The SMILES string of the molecule is CNc1ncc(C#Cc2cncc3ccccc23)s1. The van der Waals surface area contributed by atoms with Crippen molar-refractivity contribution in [1.29, 1.82) is 0 Å². The maximum absolute atomic E-state index is 4.22.